The van der Waals surface area contributed by atoms with Gasteiger partial charge in [0, 0.05) is 10.8 Å². The summed E-state index contributed by atoms with van der Waals surface area (Å²) < 4.78 is 18.1. The van der Waals surface area contributed by atoms with Crippen LogP contribution in [0.25, 0.3) is 0 Å². The SMILES string of the molecule is CC1(C)C[C@H]2C3=CCC4[C@@]5(C)CC[C@H](OC(=O)c6cc(O)c(O)c(O)c6)C(C)(C)C5CC[C@@]4(C)[C@]3(C)C[C@H](O)[C@@]2(COC(=O)c2cc(O)c(O)c(O)c2)[C@@H](O)C1OC(=O)c1cc(O)c(O)c(O)c1. The van der Waals surface area contributed by atoms with Gasteiger partial charge < -0.3 is 70.4 Å². The molecular formula is C51H62O17. The fraction of sp³-hybridized carbons (Fsp3) is 0.549. The van der Waals surface area contributed by atoms with Crippen LogP contribution in [0, 0.1) is 50.2 Å². The first-order valence-electron chi connectivity index (χ1n) is 23.0. The number of hydrogen-bond donors (Lipinski definition) is 11. The van der Waals surface area contributed by atoms with Gasteiger partial charge in [-0.2, -0.15) is 0 Å². The smallest absolute Gasteiger partial charge is 0.338 e. The highest BCUT2D eigenvalue weighted by Gasteiger charge is 2.73. The molecule has 8 rings (SSSR count). The van der Waals surface area contributed by atoms with Crippen LogP contribution in [0.15, 0.2) is 48.0 Å². The van der Waals surface area contributed by atoms with Crippen LogP contribution >= 0.6 is 0 Å². The summed E-state index contributed by atoms with van der Waals surface area (Å²) in [6.07, 6.45) is 0.763. The zero-order valence-electron chi connectivity index (χ0n) is 39.1. The summed E-state index contributed by atoms with van der Waals surface area (Å²) >= 11 is 0. The van der Waals surface area contributed by atoms with Gasteiger partial charge in [-0.25, -0.2) is 14.4 Å². The summed E-state index contributed by atoms with van der Waals surface area (Å²) in [4.78, 5) is 41.0. The largest absolute Gasteiger partial charge is 0.504 e. The first-order valence-corrected chi connectivity index (χ1v) is 23.0. The van der Waals surface area contributed by atoms with E-state index in [9.17, 15) is 70.6 Å². The minimum Gasteiger partial charge on any atom is -0.504 e. The highest BCUT2D eigenvalue weighted by Crippen LogP contribution is 2.76. The van der Waals surface area contributed by atoms with Gasteiger partial charge >= 0.3 is 17.9 Å². The van der Waals surface area contributed by atoms with Crippen molar-refractivity contribution in [3.05, 3.63) is 64.7 Å². The lowest BCUT2D eigenvalue weighted by Crippen LogP contribution is -2.72. The highest BCUT2D eigenvalue weighted by atomic mass is 16.6. The number of phenols is 9. The van der Waals surface area contributed by atoms with E-state index in [1.165, 1.54) is 0 Å². The molecule has 0 aromatic heterocycles. The van der Waals surface area contributed by atoms with Crippen molar-refractivity contribution in [3.8, 4) is 51.7 Å². The molecule has 68 heavy (non-hydrogen) atoms. The minimum atomic E-state index is -1.72. The molecule has 4 fully saturated rings. The van der Waals surface area contributed by atoms with Crippen molar-refractivity contribution in [1.29, 1.82) is 0 Å². The number of aromatic hydroxyl groups is 9. The number of ether oxygens (including phenoxy) is 3. The van der Waals surface area contributed by atoms with Crippen molar-refractivity contribution in [2.75, 3.05) is 6.61 Å². The molecule has 0 heterocycles. The molecule has 368 valence electrons. The van der Waals surface area contributed by atoms with E-state index in [0.29, 0.717) is 25.7 Å². The van der Waals surface area contributed by atoms with Crippen molar-refractivity contribution < 1.29 is 84.8 Å². The van der Waals surface area contributed by atoms with E-state index < -0.39 is 134 Å². The number of hydrogen-bond acceptors (Lipinski definition) is 17. The van der Waals surface area contributed by atoms with Gasteiger partial charge in [0.2, 0.25) is 0 Å². The molecular weight excluding hydrogens is 885 g/mol. The maximum absolute atomic E-state index is 13.8. The molecule has 3 unspecified atom stereocenters. The van der Waals surface area contributed by atoms with Gasteiger partial charge in [0.25, 0.3) is 0 Å². The predicted octanol–water partition coefficient (Wildman–Crippen LogP) is 7.00. The van der Waals surface area contributed by atoms with Gasteiger partial charge in [0.15, 0.2) is 51.7 Å². The number of aliphatic hydroxyl groups excluding tert-OH is 2. The Balaban J connectivity index is 1.15. The van der Waals surface area contributed by atoms with Crippen LogP contribution in [0.4, 0.5) is 0 Å². The average molecular weight is 947 g/mol. The molecule has 5 aliphatic rings. The summed E-state index contributed by atoms with van der Waals surface area (Å²) in [6.45, 7) is 13.9. The highest BCUT2D eigenvalue weighted by molar-refractivity contribution is 5.92. The van der Waals surface area contributed by atoms with E-state index in [2.05, 4.69) is 40.7 Å². The summed E-state index contributed by atoms with van der Waals surface area (Å²) in [5, 5.41) is 116. The number of esters is 3. The van der Waals surface area contributed by atoms with E-state index in [4.69, 9.17) is 14.2 Å². The van der Waals surface area contributed by atoms with Gasteiger partial charge in [0.05, 0.1) is 28.2 Å². The zero-order valence-corrected chi connectivity index (χ0v) is 39.1. The number of fused-ring (bicyclic) bond motifs is 7. The lowest BCUT2D eigenvalue weighted by atomic mass is 9.33. The lowest BCUT2D eigenvalue weighted by molar-refractivity contribution is -0.256. The number of carbonyl (C=O) groups excluding carboxylic acids is 3. The Morgan fingerprint density at radius 1 is 0.603 bits per heavy atom. The van der Waals surface area contributed by atoms with Gasteiger partial charge in [0.1, 0.15) is 24.9 Å². The van der Waals surface area contributed by atoms with Crippen LogP contribution in [0.1, 0.15) is 124 Å². The van der Waals surface area contributed by atoms with Crippen LogP contribution in [-0.4, -0.2) is 105 Å². The van der Waals surface area contributed by atoms with Crippen molar-refractivity contribution in [2.45, 2.75) is 118 Å². The summed E-state index contributed by atoms with van der Waals surface area (Å²) in [7, 11) is 0. The summed E-state index contributed by atoms with van der Waals surface area (Å²) in [5.41, 5.74) is -4.54. The summed E-state index contributed by atoms with van der Waals surface area (Å²) in [5.74, 6) is -10.3. The minimum absolute atomic E-state index is 0.0603. The Bertz CT molecular complexity index is 2550. The number of carbonyl (C=O) groups is 3. The molecule has 0 amide bonds. The van der Waals surface area contributed by atoms with E-state index in [-0.39, 0.29) is 46.8 Å². The maximum Gasteiger partial charge on any atom is 0.338 e. The summed E-state index contributed by atoms with van der Waals surface area (Å²) in [6, 6.07) is 5.72. The Hall–Kier alpha value is -6.07. The maximum atomic E-state index is 13.8. The Labute approximate surface area is 392 Å². The van der Waals surface area contributed by atoms with Crippen molar-refractivity contribution in [1.82, 2.24) is 0 Å². The third-order valence-corrected chi connectivity index (χ3v) is 17.9. The van der Waals surface area contributed by atoms with Crippen molar-refractivity contribution >= 4 is 17.9 Å². The topological polar surface area (TPSA) is 301 Å². The van der Waals surface area contributed by atoms with Crippen LogP contribution in [0.2, 0.25) is 0 Å². The molecule has 0 aliphatic heterocycles. The standard InChI is InChI=1S/C51H62O17/c1-46(2)20-27-26-8-9-35-48(5)12-11-37(67-44(64)24-16-30(54)39(60)31(55)17-24)47(3,4)34(48)10-13-49(35,6)50(26,7)21-36(58)51(27,22-66-43(63)23-14-28(52)38(59)29(53)15-23)41(62)42(46)68-45(65)25-18-32(56)40(61)33(57)19-25/h8,14-19,27,34-37,41-42,52-62H,9-13,20-22H2,1-7H3/t27-,34?,35?,36-,37-,41-,42?,48-,49+,50+,51-/m0/s1. The fourth-order valence-corrected chi connectivity index (χ4v) is 14.1. The first-order chi connectivity index (χ1) is 31.5. The zero-order chi connectivity index (χ0) is 50.0. The number of benzene rings is 3. The van der Waals surface area contributed by atoms with Crippen molar-refractivity contribution in [2.24, 2.45) is 50.2 Å². The second kappa shape index (κ2) is 16.0. The molecule has 5 aliphatic carbocycles. The molecule has 4 saturated carbocycles. The Morgan fingerprint density at radius 3 is 1.57 bits per heavy atom. The van der Waals surface area contributed by atoms with Gasteiger partial charge in [-0.1, -0.05) is 60.1 Å². The molecule has 11 N–H and O–H groups in total. The molecule has 17 heteroatoms. The van der Waals surface area contributed by atoms with E-state index >= 15 is 0 Å². The molecule has 0 bridgehead atoms. The van der Waals surface area contributed by atoms with Gasteiger partial charge in [-0.15, -0.1) is 0 Å². The quantitative estimate of drug-likeness (QED) is 0.0492. The van der Waals surface area contributed by atoms with Crippen molar-refractivity contribution in [3.63, 3.8) is 0 Å². The van der Waals surface area contributed by atoms with E-state index in [1.807, 2.05) is 0 Å². The number of rotatable bonds is 7. The molecule has 0 spiro atoms. The monoisotopic (exact) mass is 946 g/mol. The Morgan fingerprint density at radius 2 is 1.07 bits per heavy atom. The second-order valence-corrected chi connectivity index (χ2v) is 22.1. The Kier molecular flexibility index (Phi) is 11.4. The van der Waals surface area contributed by atoms with Gasteiger partial charge in [-0.3, -0.25) is 0 Å². The molecule has 3 aromatic rings. The average Bonchev–Trinajstić information content (AvgIpc) is 3.25. The molecule has 3 aromatic carbocycles. The lowest BCUT2D eigenvalue weighted by Gasteiger charge is -2.72. The normalized spacial score (nSPS) is 34.4. The van der Waals surface area contributed by atoms with Gasteiger partial charge in [-0.05, 0) is 115 Å². The van der Waals surface area contributed by atoms with Crippen LogP contribution < -0.4 is 0 Å². The molecule has 0 saturated heterocycles. The first kappa shape index (κ1) is 48.4. The number of allylic oxidation sites excluding steroid dienone is 2. The van der Waals surface area contributed by atoms with Crippen LogP contribution in [0.3, 0.4) is 0 Å². The predicted molar refractivity (Wildman–Crippen MR) is 240 cm³/mol. The molecule has 11 atom stereocenters. The number of phenolic OH excluding ortho intramolecular Hbond substituents is 9. The van der Waals surface area contributed by atoms with Crippen LogP contribution in [0.5, 0.6) is 51.7 Å². The van der Waals surface area contributed by atoms with E-state index in [0.717, 1.165) is 48.4 Å². The second-order valence-electron chi connectivity index (χ2n) is 22.1. The van der Waals surface area contributed by atoms with Crippen LogP contribution in [-0.2, 0) is 14.2 Å². The number of aliphatic hydroxyl groups is 2. The third kappa shape index (κ3) is 7.04. The molecule has 17 nitrogen and oxygen atoms in total. The van der Waals surface area contributed by atoms with E-state index in [1.54, 1.807) is 13.8 Å². The third-order valence-electron chi connectivity index (χ3n) is 17.9. The molecule has 0 radical (unpaired) electrons. The fourth-order valence-electron chi connectivity index (χ4n) is 14.1.